The van der Waals surface area contributed by atoms with Crippen LogP contribution in [0.15, 0.2) is 23.2 Å². The van der Waals surface area contributed by atoms with Gasteiger partial charge in [-0.05, 0) is 52.3 Å². The van der Waals surface area contributed by atoms with E-state index in [1.165, 1.54) is 18.2 Å². The van der Waals surface area contributed by atoms with Crippen molar-refractivity contribution in [3.05, 3.63) is 29.6 Å². The first-order valence-electron chi connectivity index (χ1n) is 7.85. The molecule has 0 saturated heterocycles. The first kappa shape index (κ1) is 20.2. The molecular formula is C16H27FN4O2S. The van der Waals surface area contributed by atoms with E-state index in [1.807, 2.05) is 27.7 Å². The number of rotatable bonds is 6. The van der Waals surface area contributed by atoms with Gasteiger partial charge in [0.25, 0.3) is 0 Å². The Morgan fingerprint density at radius 2 is 1.96 bits per heavy atom. The van der Waals surface area contributed by atoms with E-state index in [-0.39, 0.29) is 23.5 Å². The van der Waals surface area contributed by atoms with Crippen LogP contribution >= 0.6 is 0 Å². The van der Waals surface area contributed by atoms with Crippen molar-refractivity contribution in [3.8, 4) is 0 Å². The number of sulfonamides is 1. The number of hydrogen-bond acceptors (Lipinski definition) is 3. The lowest BCUT2D eigenvalue weighted by molar-refractivity contribution is 0.502. The summed E-state index contributed by atoms with van der Waals surface area (Å²) in [5.74, 6) is -0.0814. The normalized spacial score (nSPS) is 12.8. The summed E-state index contributed by atoms with van der Waals surface area (Å²) in [5.41, 5.74) is 0.491. The fourth-order valence-corrected chi connectivity index (χ4v) is 2.75. The molecule has 1 aromatic rings. The largest absolute Gasteiger partial charge is 0.357 e. The van der Waals surface area contributed by atoms with Crippen molar-refractivity contribution in [1.29, 1.82) is 0 Å². The lowest BCUT2D eigenvalue weighted by atomic mass is 10.1. The zero-order valence-electron chi connectivity index (χ0n) is 14.9. The molecule has 1 aromatic carbocycles. The quantitative estimate of drug-likeness (QED) is 0.538. The predicted molar refractivity (Wildman–Crippen MR) is 97.4 cm³/mol. The summed E-state index contributed by atoms with van der Waals surface area (Å²) in [7, 11) is -3.60. The summed E-state index contributed by atoms with van der Waals surface area (Å²) in [4.78, 5) is 4.26. The van der Waals surface area contributed by atoms with Crippen LogP contribution in [0.1, 0.15) is 33.3 Å². The minimum absolute atomic E-state index is 0.0924. The van der Waals surface area contributed by atoms with Crippen molar-refractivity contribution in [2.45, 2.75) is 40.2 Å². The smallest absolute Gasteiger partial charge is 0.234 e. The van der Waals surface area contributed by atoms with Crippen LogP contribution < -0.4 is 15.4 Å². The van der Waals surface area contributed by atoms with Gasteiger partial charge in [0.15, 0.2) is 5.96 Å². The SMILES string of the molecule is CCNC(=NCCS(=O)(=O)Nc1ccc(C)c(F)c1)NC(C)(C)C. The van der Waals surface area contributed by atoms with Crippen LogP contribution in [0.5, 0.6) is 0 Å². The van der Waals surface area contributed by atoms with E-state index in [0.717, 1.165) is 0 Å². The highest BCUT2D eigenvalue weighted by molar-refractivity contribution is 7.92. The maximum atomic E-state index is 13.5. The number of nitrogens with one attached hydrogen (secondary N) is 3. The van der Waals surface area contributed by atoms with Crippen molar-refractivity contribution < 1.29 is 12.8 Å². The summed E-state index contributed by atoms with van der Waals surface area (Å²) in [5, 5.41) is 6.24. The van der Waals surface area contributed by atoms with Gasteiger partial charge < -0.3 is 10.6 Å². The maximum absolute atomic E-state index is 13.5. The summed E-state index contributed by atoms with van der Waals surface area (Å²) in [6.07, 6.45) is 0. The fraction of sp³-hybridized carbons (Fsp3) is 0.562. The fourth-order valence-electron chi connectivity index (χ4n) is 1.83. The molecule has 0 atom stereocenters. The van der Waals surface area contributed by atoms with Crippen LogP contribution in [0.4, 0.5) is 10.1 Å². The van der Waals surface area contributed by atoms with E-state index >= 15 is 0 Å². The van der Waals surface area contributed by atoms with Crippen LogP contribution in [0.25, 0.3) is 0 Å². The van der Waals surface area contributed by atoms with Gasteiger partial charge in [-0.15, -0.1) is 0 Å². The Hall–Kier alpha value is -1.83. The Balaban J connectivity index is 2.69. The number of benzene rings is 1. The summed E-state index contributed by atoms with van der Waals surface area (Å²) in [6, 6.07) is 4.23. The third-order valence-corrected chi connectivity index (χ3v) is 4.18. The Morgan fingerprint density at radius 3 is 2.50 bits per heavy atom. The average molecular weight is 358 g/mol. The van der Waals surface area contributed by atoms with Crippen LogP contribution in [0, 0.1) is 12.7 Å². The molecule has 24 heavy (non-hydrogen) atoms. The summed E-state index contributed by atoms with van der Waals surface area (Å²) in [6.45, 7) is 10.3. The van der Waals surface area contributed by atoms with E-state index < -0.39 is 15.8 Å². The van der Waals surface area contributed by atoms with Crippen molar-refractivity contribution >= 4 is 21.7 Å². The highest BCUT2D eigenvalue weighted by Gasteiger charge is 2.14. The monoisotopic (exact) mass is 358 g/mol. The lowest BCUT2D eigenvalue weighted by Gasteiger charge is -2.23. The van der Waals surface area contributed by atoms with Gasteiger partial charge in [-0.3, -0.25) is 9.71 Å². The van der Waals surface area contributed by atoms with E-state index in [0.29, 0.717) is 18.1 Å². The lowest BCUT2D eigenvalue weighted by Crippen LogP contribution is -2.47. The van der Waals surface area contributed by atoms with Gasteiger partial charge in [0.1, 0.15) is 5.82 Å². The third kappa shape index (κ3) is 7.63. The molecule has 6 nitrogen and oxygen atoms in total. The maximum Gasteiger partial charge on any atom is 0.234 e. The number of hydrogen-bond donors (Lipinski definition) is 3. The van der Waals surface area contributed by atoms with E-state index in [1.54, 1.807) is 6.92 Å². The van der Waals surface area contributed by atoms with Gasteiger partial charge in [0.2, 0.25) is 10.0 Å². The van der Waals surface area contributed by atoms with Crippen molar-refractivity contribution in [3.63, 3.8) is 0 Å². The molecule has 136 valence electrons. The first-order chi connectivity index (χ1) is 11.0. The number of guanidine groups is 1. The minimum atomic E-state index is -3.60. The Labute approximate surface area is 144 Å². The second-order valence-electron chi connectivity index (χ2n) is 6.52. The molecule has 0 fully saturated rings. The van der Waals surface area contributed by atoms with Crippen LogP contribution in [-0.4, -0.2) is 38.8 Å². The van der Waals surface area contributed by atoms with Gasteiger partial charge in [0.05, 0.1) is 18.0 Å². The third-order valence-electron chi connectivity index (χ3n) is 2.91. The van der Waals surface area contributed by atoms with E-state index in [9.17, 15) is 12.8 Å². The topological polar surface area (TPSA) is 82.6 Å². The van der Waals surface area contributed by atoms with Crippen molar-refractivity contribution in [1.82, 2.24) is 10.6 Å². The molecule has 0 aromatic heterocycles. The second kappa shape index (κ2) is 8.32. The highest BCUT2D eigenvalue weighted by Crippen LogP contribution is 2.14. The molecule has 0 aliphatic heterocycles. The molecule has 0 aliphatic rings. The number of anilines is 1. The van der Waals surface area contributed by atoms with Crippen LogP contribution in [0.3, 0.4) is 0 Å². The van der Waals surface area contributed by atoms with Gasteiger partial charge in [-0.2, -0.15) is 0 Å². The molecule has 0 radical (unpaired) electrons. The molecule has 0 unspecified atom stereocenters. The predicted octanol–water partition coefficient (Wildman–Crippen LogP) is 2.23. The summed E-state index contributed by atoms with van der Waals surface area (Å²) >= 11 is 0. The Morgan fingerprint density at radius 1 is 1.29 bits per heavy atom. The molecule has 0 aliphatic carbocycles. The number of aliphatic imine (C=N–C) groups is 1. The minimum Gasteiger partial charge on any atom is -0.357 e. The molecule has 0 bridgehead atoms. The Bertz CT molecular complexity index is 682. The Kier molecular flexibility index (Phi) is 7.01. The number of nitrogens with zero attached hydrogens (tertiary/aromatic N) is 1. The molecule has 0 heterocycles. The molecule has 0 amide bonds. The zero-order chi connectivity index (χ0) is 18.4. The standard InChI is InChI=1S/C16H27FN4O2S/c1-6-18-15(20-16(3,4)5)19-9-10-24(22,23)21-13-8-7-12(2)14(17)11-13/h7-8,11,21H,6,9-10H2,1-5H3,(H2,18,19,20). The highest BCUT2D eigenvalue weighted by atomic mass is 32.2. The summed E-state index contributed by atoms with van der Waals surface area (Å²) < 4.78 is 40.0. The zero-order valence-corrected chi connectivity index (χ0v) is 15.7. The van der Waals surface area contributed by atoms with Crippen molar-refractivity contribution in [2.75, 3.05) is 23.6 Å². The first-order valence-corrected chi connectivity index (χ1v) is 9.51. The van der Waals surface area contributed by atoms with E-state index in [4.69, 9.17) is 0 Å². The van der Waals surface area contributed by atoms with Gasteiger partial charge in [-0.25, -0.2) is 12.8 Å². The average Bonchev–Trinajstić information content (AvgIpc) is 2.41. The van der Waals surface area contributed by atoms with Crippen LogP contribution in [-0.2, 0) is 10.0 Å². The van der Waals surface area contributed by atoms with Crippen LogP contribution in [0.2, 0.25) is 0 Å². The van der Waals surface area contributed by atoms with Gasteiger partial charge in [-0.1, -0.05) is 6.07 Å². The molecule has 0 saturated carbocycles. The molecule has 1 rings (SSSR count). The van der Waals surface area contributed by atoms with Crippen molar-refractivity contribution in [2.24, 2.45) is 4.99 Å². The molecule has 8 heteroatoms. The molecular weight excluding hydrogens is 331 g/mol. The second-order valence-corrected chi connectivity index (χ2v) is 8.36. The number of aryl methyl sites for hydroxylation is 1. The number of halogens is 1. The van der Waals surface area contributed by atoms with E-state index in [2.05, 4.69) is 20.3 Å². The van der Waals surface area contributed by atoms with Gasteiger partial charge in [0, 0.05) is 12.1 Å². The molecule has 3 N–H and O–H groups in total. The molecule has 0 spiro atoms. The van der Waals surface area contributed by atoms with Gasteiger partial charge >= 0.3 is 0 Å².